The third-order valence-electron chi connectivity index (χ3n) is 12.4. The van der Waals surface area contributed by atoms with Gasteiger partial charge in [0.1, 0.15) is 17.1 Å². The lowest BCUT2D eigenvalue weighted by molar-refractivity contribution is -0.148. The number of nitrogens with one attached hydrogen (secondary N) is 2. The molecule has 3 aromatic carbocycles. The van der Waals surface area contributed by atoms with Gasteiger partial charge in [0.2, 0.25) is 5.89 Å². The van der Waals surface area contributed by atoms with Gasteiger partial charge in [0, 0.05) is 60.7 Å². The molecule has 2 saturated carbocycles. The Labute approximate surface area is 319 Å². The molecule has 1 aliphatic heterocycles. The van der Waals surface area contributed by atoms with Gasteiger partial charge in [-0.15, -0.1) is 0 Å². The first-order valence-electron chi connectivity index (χ1n) is 19.1. The molecule has 9 rings (SSSR count). The molecule has 278 valence electrons. The summed E-state index contributed by atoms with van der Waals surface area (Å²) in [5.74, 6) is 0.447. The summed E-state index contributed by atoms with van der Waals surface area (Å²) in [6.45, 7) is 7.02. The molecule has 0 spiro atoms. The Morgan fingerprint density at radius 1 is 1.00 bits per heavy atom. The first-order chi connectivity index (χ1) is 26.6. The molecule has 1 saturated heterocycles. The number of pyridine rings is 2. The highest BCUT2D eigenvalue weighted by Crippen LogP contribution is 2.56. The lowest BCUT2D eigenvalue weighted by Gasteiger charge is -2.28. The quantitative estimate of drug-likeness (QED) is 0.109. The van der Waals surface area contributed by atoms with Gasteiger partial charge in [-0.1, -0.05) is 24.3 Å². The zero-order valence-electron chi connectivity index (χ0n) is 31.0. The van der Waals surface area contributed by atoms with Crippen molar-refractivity contribution in [2.75, 3.05) is 18.4 Å². The van der Waals surface area contributed by atoms with Crippen LogP contribution in [0.1, 0.15) is 66.3 Å². The summed E-state index contributed by atoms with van der Waals surface area (Å²) in [7, 11) is 0. The summed E-state index contributed by atoms with van der Waals surface area (Å²) in [4.78, 5) is 28.6. The van der Waals surface area contributed by atoms with Gasteiger partial charge in [0.15, 0.2) is 11.4 Å². The number of hydrogen-bond donors (Lipinski definition) is 4. The van der Waals surface area contributed by atoms with E-state index in [2.05, 4.69) is 58.6 Å². The number of β-amino-alcohol motifs (C(OH)–C–C–N with tert-alkyl or cyclic N) is 1. The van der Waals surface area contributed by atoms with Crippen LogP contribution in [-0.2, 0) is 17.9 Å². The molecule has 2 aliphatic carbocycles. The molecule has 4 N–H and O–H groups in total. The average molecular weight is 734 g/mol. The van der Waals surface area contributed by atoms with Crippen LogP contribution in [0.5, 0.6) is 0 Å². The van der Waals surface area contributed by atoms with E-state index >= 15 is 0 Å². The third kappa shape index (κ3) is 6.30. The Hall–Kier alpha value is -5.67. The molecule has 1 atom stereocenters. The summed E-state index contributed by atoms with van der Waals surface area (Å²) in [5, 5.41) is 38.1. The molecule has 0 amide bonds. The number of oxazole rings is 1. The number of aliphatic hydroxyl groups excluding tert-OH is 1. The molecule has 0 radical (unpaired) electrons. The second-order valence-corrected chi connectivity index (χ2v) is 15.9. The molecule has 3 aliphatic rings. The minimum atomic E-state index is -0.683. The van der Waals surface area contributed by atoms with Gasteiger partial charge >= 0.3 is 5.97 Å². The van der Waals surface area contributed by atoms with Crippen LogP contribution in [0.2, 0.25) is 0 Å². The molecule has 3 aromatic heterocycles. The molecule has 4 heterocycles. The lowest BCUT2D eigenvalue weighted by atomic mass is 9.84. The van der Waals surface area contributed by atoms with E-state index in [9.17, 15) is 20.3 Å². The predicted octanol–water partition coefficient (Wildman–Crippen LogP) is 7.78. The van der Waals surface area contributed by atoms with Crippen LogP contribution in [0, 0.1) is 30.6 Å². The van der Waals surface area contributed by atoms with Crippen LogP contribution in [-0.4, -0.2) is 60.8 Å². The van der Waals surface area contributed by atoms with Crippen LogP contribution in [0.25, 0.3) is 44.6 Å². The maximum atomic E-state index is 12.0. The highest BCUT2D eigenvalue weighted by molar-refractivity contribution is 5.91. The van der Waals surface area contributed by atoms with Crippen LogP contribution < -0.4 is 10.6 Å². The van der Waals surface area contributed by atoms with E-state index in [-0.39, 0.29) is 11.6 Å². The number of carboxylic acids is 1. The molecular formula is C44H43N7O4. The van der Waals surface area contributed by atoms with Crippen LogP contribution in [0.4, 0.5) is 11.5 Å². The second kappa shape index (κ2) is 13.6. The number of carbonyl (C=O) groups is 1. The van der Waals surface area contributed by atoms with Crippen molar-refractivity contribution >= 4 is 39.5 Å². The summed E-state index contributed by atoms with van der Waals surface area (Å²) >= 11 is 0. The van der Waals surface area contributed by atoms with E-state index < -0.39 is 11.4 Å². The topological polar surface area (TPSA) is 160 Å². The van der Waals surface area contributed by atoms with Gasteiger partial charge in [-0.3, -0.25) is 14.7 Å². The highest BCUT2D eigenvalue weighted by Gasteiger charge is 2.58. The second-order valence-electron chi connectivity index (χ2n) is 15.9. The van der Waals surface area contributed by atoms with Gasteiger partial charge in [-0.2, -0.15) is 5.26 Å². The normalized spacial score (nSPS) is 22.1. The minimum absolute atomic E-state index is 0.177. The predicted molar refractivity (Wildman–Crippen MR) is 211 cm³/mol. The maximum absolute atomic E-state index is 12.0. The van der Waals surface area contributed by atoms with E-state index in [4.69, 9.17) is 14.4 Å². The van der Waals surface area contributed by atoms with Crippen molar-refractivity contribution in [3.63, 3.8) is 0 Å². The van der Waals surface area contributed by atoms with Crippen LogP contribution in [0.15, 0.2) is 77.5 Å². The van der Waals surface area contributed by atoms with E-state index in [0.29, 0.717) is 60.7 Å². The fourth-order valence-corrected chi connectivity index (χ4v) is 9.26. The molecule has 3 fully saturated rings. The lowest BCUT2D eigenvalue weighted by Crippen LogP contribution is -2.40. The first-order valence-corrected chi connectivity index (χ1v) is 19.1. The number of nitriles is 1. The Balaban J connectivity index is 0.973. The van der Waals surface area contributed by atoms with Crippen LogP contribution in [0.3, 0.4) is 0 Å². The molecule has 55 heavy (non-hydrogen) atoms. The number of aliphatic hydroxyl groups is 1. The molecule has 11 heteroatoms. The average Bonchev–Trinajstić information content (AvgIpc) is 3.98. The van der Waals surface area contributed by atoms with Crippen molar-refractivity contribution in [3.05, 3.63) is 101 Å². The number of fused-ring (bicyclic) bond motifs is 4. The van der Waals surface area contributed by atoms with Crippen molar-refractivity contribution in [1.29, 1.82) is 5.26 Å². The number of aromatic nitrogens is 3. The zero-order chi connectivity index (χ0) is 37.9. The minimum Gasteiger partial charge on any atom is -0.481 e. The van der Waals surface area contributed by atoms with Crippen molar-refractivity contribution in [3.8, 4) is 28.7 Å². The summed E-state index contributed by atoms with van der Waals surface area (Å²) in [6, 6.07) is 22.5. The first kappa shape index (κ1) is 35.1. The Kier molecular flexibility index (Phi) is 8.65. The summed E-state index contributed by atoms with van der Waals surface area (Å²) in [5.41, 5.74) is 9.44. The van der Waals surface area contributed by atoms with Crippen LogP contribution >= 0.6 is 0 Å². The van der Waals surface area contributed by atoms with E-state index in [1.807, 2.05) is 48.7 Å². The third-order valence-corrected chi connectivity index (χ3v) is 12.4. The highest BCUT2D eigenvalue weighted by atomic mass is 16.4. The Bertz CT molecular complexity index is 2530. The number of anilines is 2. The van der Waals surface area contributed by atoms with Crippen molar-refractivity contribution < 1.29 is 19.4 Å². The van der Waals surface area contributed by atoms with E-state index in [0.717, 1.165) is 87.9 Å². The smallest absolute Gasteiger partial charge is 0.309 e. The fourth-order valence-electron chi connectivity index (χ4n) is 9.26. The molecule has 11 nitrogen and oxygen atoms in total. The van der Waals surface area contributed by atoms with E-state index in [1.54, 1.807) is 6.20 Å². The number of benzene rings is 3. The zero-order valence-corrected chi connectivity index (χ0v) is 31.0. The van der Waals surface area contributed by atoms with Gasteiger partial charge in [-0.25, -0.2) is 9.97 Å². The molecule has 6 aromatic rings. The number of aliphatic carboxylic acids is 1. The number of likely N-dealkylation sites (tertiary alicyclic amines) is 1. The van der Waals surface area contributed by atoms with Gasteiger partial charge < -0.3 is 25.3 Å². The maximum Gasteiger partial charge on any atom is 0.309 e. The Morgan fingerprint density at radius 2 is 1.78 bits per heavy atom. The fraction of sp³-hybridized carbons (Fsp3) is 0.341. The van der Waals surface area contributed by atoms with Crippen molar-refractivity contribution in [2.45, 2.75) is 77.1 Å². The molecular weight excluding hydrogens is 691 g/mol. The number of carboxylic acid groups (broad SMARTS) is 1. The molecule has 0 unspecified atom stereocenters. The standard InChI is InChI=1S/C44H43N7O4/c1-26-33(34-6-4-8-36(27(34)2)49-40-38-30(9-15-46-40)18-29(21-47-38)23-51-16-10-32(52)24-51)5-3-7-35(26)41-50-37-19-28(17-31(20-45)39(37)55-41)22-48-44-13-11-43(25-44,12-14-44)42(53)54/h3-9,15,17-19,21,32,48,52H,10-14,16,22-25H2,1-2H3,(H,46,49)(H,53,54)/t32-,43?,44?/m1/s1. The Morgan fingerprint density at radius 3 is 2.53 bits per heavy atom. The van der Waals surface area contributed by atoms with Gasteiger partial charge in [0.05, 0.1) is 17.1 Å². The number of nitrogens with zero attached hydrogens (tertiary/aromatic N) is 5. The summed E-state index contributed by atoms with van der Waals surface area (Å²) in [6.07, 6.45) is 8.01. The van der Waals surface area contributed by atoms with Crippen molar-refractivity contribution in [2.24, 2.45) is 5.41 Å². The number of hydrogen-bond acceptors (Lipinski definition) is 10. The van der Waals surface area contributed by atoms with Crippen molar-refractivity contribution in [1.82, 2.24) is 25.2 Å². The number of rotatable bonds is 10. The largest absolute Gasteiger partial charge is 0.481 e. The molecule has 2 bridgehead atoms. The monoisotopic (exact) mass is 733 g/mol. The van der Waals surface area contributed by atoms with E-state index in [1.165, 1.54) is 0 Å². The SMILES string of the molecule is Cc1c(Nc2nccc3cc(CN4CC[C@@H](O)C4)cnc23)cccc1-c1cccc(-c2nc3cc(CNC45CCC(C(=O)O)(CC4)C5)cc(C#N)c3o2)c1C. The van der Waals surface area contributed by atoms with Gasteiger partial charge in [-0.05, 0) is 122 Å². The summed E-state index contributed by atoms with van der Waals surface area (Å²) < 4.78 is 6.33. The van der Waals surface area contributed by atoms with Gasteiger partial charge in [0.25, 0.3) is 0 Å².